The van der Waals surface area contributed by atoms with Crippen LogP contribution in [0, 0.1) is 12.7 Å². The first-order valence-corrected chi connectivity index (χ1v) is 7.45. The molecule has 2 fully saturated rings. The molecule has 0 aromatic heterocycles. The van der Waals surface area contributed by atoms with Gasteiger partial charge in [-0.15, -0.1) is 0 Å². The van der Waals surface area contributed by atoms with E-state index in [0.717, 1.165) is 26.1 Å². The third-order valence-electron chi connectivity index (χ3n) is 4.35. The van der Waals surface area contributed by atoms with Gasteiger partial charge in [0.05, 0.1) is 12.7 Å². The Morgan fingerprint density at radius 2 is 2.24 bits per heavy atom. The number of halogens is 1. The van der Waals surface area contributed by atoms with E-state index < -0.39 is 0 Å². The molecule has 2 aliphatic heterocycles. The maximum absolute atomic E-state index is 13.3. The molecular weight excluding hydrogens is 271 g/mol. The van der Waals surface area contributed by atoms with Crippen LogP contribution in [0.4, 0.5) is 4.39 Å². The van der Waals surface area contributed by atoms with Crippen molar-refractivity contribution in [1.29, 1.82) is 0 Å². The largest absolute Gasteiger partial charge is 0.376 e. The molecule has 2 aliphatic rings. The van der Waals surface area contributed by atoms with Gasteiger partial charge in [-0.2, -0.15) is 0 Å². The van der Waals surface area contributed by atoms with Gasteiger partial charge in [0.15, 0.2) is 0 Å². The van der Waals surface area contributed by atoms with Gasteiger partial charge in [0.1, 0.15) is 5.82 Å². The van der Waals surface area contributed by atoms with Crippen molar-refractivity contribution in [2.45, 2.75) is 38.5 Å². The highest BCUT2D eigenvalue weighted by Gasteiger charge is 2.36. The van der Waals surface area contributed by atoms with Crippen molar-refractivity contribution in [2.75, 3.05) is 19.7 Å². The average molecular weight is 292 g/mol. The Hall–Kier alpha value is -1.46. The molecule has 3 atom stereocenters. The van der Waals surface area contributed by atoms with E-state index in [0.29, 0.717) is 17.2 Å². The molecule has 5 heteroatoms. The van der Waals surface area contributed by atoms with Gasteiger partial charge in [0.25, 0.3) is 5.91 Å². The molecule has 0 unspecified atom stereocenters. The van der Waals surface area contributed by atoms with Crippen LogP contribution in [0.2, 0.25) is 0 Å². The van der Waals surface area contributed by atoms with Crippen molar-refractivity contribution in [1.82, 2.24) is 10.2 Å². The highest BCUT2D eigenvalue weighted by Crippen LogP contribution is 2.23. The summed E-state index contributed by atoms with van der Waals surface area (Å²) in [6, 6.07) is 5.02. The molecule has 114 valence electrons. The number of benzene rings is 1. The van der Waals surface area contributed by atoms with Gasteiger partial charge < -0.3 is 10.1 Å². The summed E-state index contributed by atoms with van der Waals surface area (Å²) in [6.07, 6.45) is 1.17. The molecule has 3 rings (SSSR count). The topological polar surface area (TPSA) is 41.6 Å². The number of rotatable bonds is 2. The first kappa shape index (κ1) is 14.5. The standard InChI is InChI=1S/C16H21FN2O2/c1-10-5-12(3-4-15(10)17)16(20)18-13-6-14-9-21-11(2)7-19(14)8-13/h3-5,11,13-14H,6-9H2,1-2H3,(H,18,20)/t11-,13+,14-/m0/s1. The van der Waals surface area contributed by atoms with E-state index in [4.69, 9.17) is 4.74 Å². The first-order chi connectivity index (χ1) is 10.0. The highest BCUT2D eigenvalue weighted by atomic mass is 19.1. The number of carbonyl (C=O) groups excluding carboxylic acids is 1. The maximum atomic E-state index is 13.3. The molecule has 0 spiro atoms. The molecule has 0 saturated carbocycles. The van der Waals surface area contributed by atoms with Gasteiger partial charge in [-0.25, -0.2) is 4.39 Å². The fourth-order valence-electron chi connectivity index (χ4n) is 3.20. The van der Waals surface area contributed by atoms with Gasteiger partial charge >= 0.3 is 0 Å². The van der Waals surface area contributed by atoms with E-state index in [1.54, 1.807) is 13.0 Å². The minimum absolute atomic E-state index is 0.128. The second-order valence-corrected chi connectivity index (χ2v) is 6.12. The van der Waals surface area contributed by atoms with Crippen molar-refractivity contribution in [3.05, 3.63) is 35.1 Å². The van der Waals surface area contributed by atoms with E-state index >= 15 is 0 Å². The zero-order valence-electron chi connectivity index (χ0n) is 12.4. The molecule has 4 nitrogen and oxygen atoms in total. The minimum Gasteiger partial charge on any atom is -0.376 e. The number of morpholine rings is 1. The zero-order chi connectivity index (χ0) is 15.0. The third-order valence-corrected chi connectivity index (χ3v) is 4.35. The Morgan fingerprint density at radius 1 is 1.43 bits per heavy atom. The second kappa shape index (κ2) is 5.73. The lowest BCUT2D eigenvalue weighted by Gasteiger charge is -2.33. The van der Waals surface area contributed by atoms with Gasteiger partial charge in [0, 0.05) is 30.7 Å². The van der Waals surface area contributed by atoms with Crippen LogP contribution in [0.15, 0.2) is 18.2 Å². The van der Waals surface area contributed by atoms with Crippen LogP contribution in [0.25, 0.3) is 0 Å². The zero-order valence-corrected chi connectivity index (χ0v) is 12.4. The number of carbonyl (C=O) groups is 1. The van der Waals surface area contributed by atoms with Crippen molar-refractivity contribution in [3.63, 3.8) is 0 Å². The van der Waals surface area contributed by atoms with Crippen molar-refractivity contribution in [3.8, 4) is 0 Å². The predicted octanol–water partition coefficient (Wildman–Crippen LogP) is 1.73. The summed E-state index contributed by atoms with van der Waals surface area (Å²) in [5.41, 5.74) is 1.01. The van der Waals surface area contributed by atoms with Crippen LogP contribution < -0.4 is 5.32 Å². The molecule has 2 heterocycles. The summed E-state index contributed by atoms with van der Waals surface area (Å²) in [5.74, 6) is -0.410. The number of nitrogens with zero attached hydrogens (tertiary/aromatic N) is 1. The molecule has 0 aliphatic carbocycles. The molecule has 21 heavy (non-hydrogen) atoms. The molecule has 2 saturated heterocycles. The fraction of sp³-hybridized carbons (Fsp3) is 0.562. The van der Waals surface area contributed by atoms with Gasteiger partial charge in [-0.1, -0.05) is 0 Å². The molecule has 1 amide bonds. The van der Waals surface area contributed by atoms with Crippen LogP contribution >= 0.6 is 0 Å². The van der Waals surface area contributed by atoms with E-state index in [1.807, 2.05) is 0 Å². The molecular formula is C16H21FN2O2. The fourth-order valence-corrected chi connectivity index (χ4v) is 3.20. The summed E-state index contributed by atoms with van der Waals surface area (Å²) in [4.78, 5) is 14.6. The first-order valence-electron chi connectivity index (χ1n) is 7.45. The Morgan fingerprint density at radius 3 is 3.00 bits per heavy atom. The lowest BCUT2D eigenvalue weighted by Crippen LogP contribution is -2.45. The summed E-state index contributed by atoms with van der Waals surface area (Å²) in [7, 11) is 0. The molecule has 1 N–H and O–H groups in total. The lowest BCUT2D eigenvalue weighted by molar-refractivity contribution is -0.0390. The average Bonchev–Trinajstić information content (AvgIpc) is 2.83. The highest BCUT2D eigenvalue weighted by molar-refractivity contribution is 5.94. The van der Waals surface area contributed by atoms with E-state index in [-0.39, 0.29) is 23.9 Å². The number of ether oxygens (including phenoxy) is 1. The molecule has 1 aromatic rings. The number of hydrogen-bond acceptors (Lipinski definition) is 3. The third kappa shape index (κ3) is 3.09. The number of hydrogen-bond donors (Lipinski definition) is 1. The summed E-state index contributed by atoms with van der Waals surface area (Å²) < 4.78 is 18.9. The van der Waals surface area contributed by atoms with Crippen LogP contribution in [0.1, 0.15) is 29.3 Å². The lowest BCUT2D eigenvalue weighted by atomic mass is 10.1. The van der Waals surface area contributed by atoms with Crippen LogP contribution in [-0.2, 0) is 4.74 Å². The second-order valence-electron chi connectivity index (χ2n) is 6.12. The van der Waals surface area contributed by atoms with E-state index in [1.165, 1.54) is 12.1 Å². The summed E-state index contributed by atoms with van der Waals surface area (Å²) in [5, 5.41) is 3.05. The molecule has 0 bridgehead atoms. The predicted molar refractivity (Wildman–Crippen MR) is 77.8 cm³/mol. The molecule has 0 radical (unpaired) electrons. The number of amides is 1. The normalized spacial score (nSPS) is 29.2. The monoisotopic (exact) mass is 292 g/mol. The smallest absolute Gasteiger partial charge is 0.251 e. The quantitative estimate of drug-likeness (QED) is 0.902. The number of aryl methyl sites for hydroxylation is 1. The van der Waals surface area contributed by atoms with Gasteiger partial charge in [0.2, 0.25) is 0 Å². The molecule has 1 aromatic carbocycles. The Labute approximate surface area is 124 Å². The Balaban J connectivity index is 1.62. The van der Waals surface area contributed by atoms with Crippen LogP contribution in [-0.4, -0.2) is 48.7 Å². The van der Waals surface area contributed by atoms with Crippen LogP contribution in [0.5, 0.6) is 0 Å². The minimum atomic E-state index is -0.282. The SMILES string of the molecule is Cc1cc(C(=O)N[C@@H]2C[C@H]3CO[C@@H](C)CN3C2)ccc1F. The Bertz CT molecular complexity index is 549. The summed E-state index contributed by atoms with van der Waals surface area (Å²) in [6.45, 7) is 6.27. The van der Waals surface area contributed by atoms with Crippen molar-refractivity contribution >= 4 is 5.91 Å². The maximum Gasteiger partial charge on any atom is 0.251 e. The Kier molecular flexibility index (Phi) is 3.95. The van der Waals surface area contributed by atoms with Crippen molar-refractivity contribution < 1.29 is 13.9 Å². The summed E-state index contributed by atoms with van der Waals surface area (Å²) >= 11 is 0. The van der Waals surface area contributed by atoms with Crippen molar-refractivity contribution in [2.24, 2.45) is 0 Å². The van der Waals surface area contributed by atoms with Crippen LogP contribution in [0.3, 0.4) is 0 Å². The van der Waals surface area contributed by atoms with Gasteiger partial charge in [-0.3, -0.25) is 9.69 Å². The van der Waals surface area contributed by atoms with E-state index in [2.05, 4.69) is 17.1 Å². The number of fused-ring (bicyclic) bond motifs is 1. The van der Waals surface area contributed by atoms with Gasteiger partial charge in [-0.05, 0) is 44.0 Å². The van der Waals surface area contributed by atoms with E-state index in [9.17, 15) is 9.18 Å². The number of nitrogens with one attached hydrogen (secondary N) is 1.